The molecular formula is C6H11ClN2. The van der Waals surface area contributed by atoms with Crippen molar-refractivity contribution in [1.29, 1.82) is 5.26 Å². The van der Waals surface area contributed by atoms with E-state index in [0.29, 0.717) is 0 Å². The van der Waals surface area contributed by atoms with Crippen molar-refractivity contribution in [3.05, 3.63) is 0 Å². The molecular weight excluding hydrogens is 136 g/mol. The molecule has 0 bridgehead atoms. The number of nitriles is 1. The molecule has 1 aliphatic carbocycles. The SMILES string of the molecule is Cl.N#C[C@H]1CCC[C@H]1N. The molecule has 2 N–H and O–H groups in total. The maximum atomic E-state index is 8.41. The second-order valence-corrected chi connectivity index (χ2v) is 2.33. The molecule has 1 saturated carbocycles. The molecule has 0 aliphatic heterocycles. The van der Waals surface area contributed by atoms with Crippen LogP contribution >= 0.6 is 12.4 Å². The van der Waals surface area contributed by atoms with Crippen LogP contribution in [0.15, 0.2) is 0 Å². The predicted molar refractivity (Wildman–Crippen MR) is 38.2 cm³/mol. The second kappa shape index (κ2) is 3.71. The Morgan fingerprint density at radius 2 is 2.11 bits per heavy atom. The Bertz CT molecular complexity index is 119. The second-order valence-electron chi connectivity index (χ2n) is 2.33. The summed E-state index contributed by atoms with van der Waals surface area (Å²) in [4.78, 5) is 0. The molecule has 0 amide bonds. The third kappa shape index (κ3) is 1.85. The zero-order valence-electron chi connectivity index (χ0n) is 5.21. The Kier molecular flexibility index (Phi) is 3.60. The first-order valence-electron chi connectivity index (χ1n) is 3.00. The van der Waals surface area contributed by atoms with Gasteiger partial charge in [-0.15, -0.1) is 12.4 Å². The van der Waals surface area contributed by atoms with Crippen LogP contribution < -0.4 is 5.73 Å². The first kappa shape index (κ1) is 8.74. The van der Waals surface area contributed by atoms with Crippen molar-refractivity contribution < 1.29 is 0 Å². The topological polar surface area (TPSA) is 49.8 Å². The highest BCUT2D eigenvalue weighted by Crippen LogP contribution is 2.22. The van der Waals surface area contributed by atoms with E-state index >= 15 is 0 Å². The summed E-state index contributed by atoms with van der Waals surface area (Å²) in [6.07, 6.45) is 3.19. The lowest BCUT2D eigenvalue weighted by Gasteiger charge is -2.02. The van der Waals surface area contributed by atoms with Crippen LogP contribution in [-0.2, 0) is 0 Å². The first-order valence-corrected chi connectivity index (χ1v) is 3.00. The van der Waals surface area contributed by atoms with Crippen molar-refractivity contribution in [2.75, 3.05) is 0 Å². The lowest BCUT2D eigenvalue weighted by atomic mass is 10.1. The highest BCUT2D eigenvalue weighted by molar-refractivity contribution is 5.85. The molecule has 1 rings (SSSR count). The van der Waals surface area contributed by atoms with Crippen molar-refractivity contribution in [3.63, 3.8) is 0 Å². The van der Waals surface area contributed by atoms with Gasteiger partial charge in [0.2, 0.25) is 0 Å². The highest BCUT2D eigenvalue weighted by Gasteiger charge is 2.22. The molecule has 1 aliphatic rings. The summed E-state index contributed by atoms with van der Waals surface area (Å²) in [6.45, 7) is 0. The van der Waals surface area contributed by atoms with Gasteiger partial charge in [0.25, 0.3) is 0 Å². The van der Waals surface area contributed by atoms with Crippen molar-refractivity contribution in [2.24, 2.45) is 11.7 Å². The minimum atomic E-state index is 0. The van der Waals surface area contributed by atoms with E-state index in [4.69, 9.17) is 11.0 Å². The summed E-state index contributed by atoms with van der Waals surface area (Å²) >= 11 is 0. The van der Waals surface area contributed by atoms with Gasteiger partial charge in [0.05, 0.1) is 12.0 Å². The molecule has 0 aromatic heterocycles. The van der Waals surface area contributed by atoms with Gasteiger partial charge in [-0.25, -0.2) is 0 Å². The van der Waals surface area contributed by atoms with E-state index in [9.17, 15) is 0 Å². The summed E-state index contributed by atoms with van der Waals surface area (Å²) in [5, 5.41) is 8.41. The van der Waals surface area contributed by atoms with Gasteiger partial charge < -0.3 is 5.73 Å². The van der Waals surface area contributed by atoms with E-state index in [2.05, 4.69) is 6.07 Å². The summed E-state index contributed by atoms with van der Waals surface area (Å²) in [5.74, 6) is 0.148. The number of rotatable bonds is 0. The fourth-order valence-electron chi connectivity index (χ4n) is 1.15. The minimum absolute atomic E-state index is 0. The van der Waals surface area contributed by atoms with Gasteiger partial charge >= 0.3 is 0 Å². The molecule has 2 nitrogen and oxygen atoms in total. The van der Waals surface area contributed by atoms with Crippen LogP contribution in [-0.4, -0.2) is 6.04 Å². The van der Waals surface area contributed by atoms with E-state index in [1.807, 2.05) is 0 Å². The Balaban J connectivity index is 0.000000640. The molecule has 0 radical (unpaired) electrons. The van der Waals surface area contributed by atoms with Crippen LogP contribution in [0.3, 0.4) is 0 Å². The molecule has 0 spiro atoms. The van der Waals surface area contributed by atoms with Gasteiger partial charge in [-0.2, -0.15) is 5.26 Å². The van der Waals surface area contributed by atoms with Crippen LogP contribution in [0.1, 0.15) is 19.3 Å². The lowest BCUT2D eigenvalue weighted by molar-refractivity contribution is 0.593. The maximum absolute atomic E-state index is 8.41. The number of nitrogens with zero attached hydrogens (tertiary/aromatic N) is 1. The average Bonchev–Trinajstić information content (AvgIpc) is 2.14. The van der Waals surface area contributed by atoms with Gasteiger partial charge in [0.1, 0.15) is 0 Å². The van der Waals surface area contributed by atoms with Crippen LogP contribution in [0, 0.1) is 17.2 Å². The molecule has 9 heavy (non-hydrogen) atoms. The molecule has 3 heteroatoms. The van der Waals surface area contributed by atoms with Gasteiger partial charge in [0.15, 0.2) is 0 Å². The van der Waals surface area contributed by atoms with Crippen molar-refractivity contribution in [2.45, 2.75) is 25.3 Å². The predicted octanol–water partition coefficient (Wildman–Crippen LogP) is 1.06. The van der Waals surface area contributed by atoms with Crippen LogP contribution in [0.25, 0.3) is 0 Å². The van der Waals surface area contributed by atoms with Crippen molar-refractivity contribution >= 4 is 12.4 Å². The minimum Gasteiger partial charge on any atom is -0.327 e. The number of hydrogen-bond donors (Lipinski definition) is 1. The normalized spacial score (nSPS) is 32.9. The summed E-state index contributed by atoms with van der Waals surface area (Å²) in [7, 11) is 0. The molecule has 1 fully saturated rings. The van der Waals surface area contributed by atoms with Crippen molar-refractivity contribution in [1.82, 2.24) is 0 Å². The molecule has 0 heterocycles. The molecule has 0 aromatic rings. The summed E-state index contributed by atoms with van der Waals surface area (Å²) in [6, 6.07) is 2.36. The Morgan fingerprint density at radius 1 is 1.44 bits per heavy atom. The number of halogens is 1. The third-order valence-electron chi connectivity index (χ3n) is 1.74. The fraction of sp³-hybridized carbons (Fsp3) is 0.833. The lowest BCUT2D eigenvalue weighted by Crippen LogP contribution is -2.22. The number of hydrogen-bond acceptors (Lipinski definition) is 2. The highest BCUT2D eigenvalue weighted by atomic mass is 35.5. The van der Waals surface area contributed by atoms with E-state index in [1.54, 1.807) is 0 Å². The molecule has 0 unspecified atom stereocenters. The van der Waals surface area contributed by atoms with Gasteiger partial charge in [-0.1, -0.05) is 6.42 Å². The zero-order chi connectivity index (χ0) is 5.98. The van der Waals surface area contributed by atoms with Gasteiger partial charge in [-0.3, -0.25) is 0 Å². The molecule has 0 aromatic carbocycles. The largest absolute Gasteiger partial charge is 0.327 e. The third-order valence-corrected chi connectivity index (χ3v) is 1.74. The van der Waals surface area contributed by atoms with E-state index in [1.165, 1.54) is 0 Å². The number of nitrogens with two attached hydrogens (primary N) is 1. The van der Waals surface area contributed by atoms with Crippen LogP contribution in [0.2, 0.25) is 0 Å². The standard InChI is InChI=1S/C6H10N2.ClH/c7-4-5-2-1-3-6(5)8;/h5-6H,1-3,8H2;1H/t5-,6-;/m1./s1. The summed E-state index contributed by atoms with van der Waals surface area (Å²) in [5.41, 5.74) is 5.57. The van der Waals surface area contributed by atoms with Crippen molar-refractivity contribution in [3.8, 4) is 6.07 Å². The molecule has 52 valence electrons. The molecule has 2 atom stereocenters. The van der Waals surface area contributed by atoms with E-state index in [-0.39, 0.29) is 24.4 Å². The van der Waals surface area contributed by atoms with E-state index in [0.717, 1.165) is 19.3 Å². The van der Waals surface area contributed by atoms with Crippen LogP contribution in [0.4, 0.5) is 0 Å². The Labute approximate surface area is 61.4 Å². The van der Waals surface area contributed by atoms with Crippen LogP contribution in [0.5, 0.6) is 0 Å². The smallest absolute Gasteiger partial charge is 0.0672 e. The Morgan fingerprint density at radius 3 is 2.33 bits per heavy atom. The summed E-state index contributed by atoms with van der Waals surface area (Å²) < 4.78 is 0. The van der Waals surface area contributed by atoms with Gasteiger partial charge in [0, 0.05) is 6.04 Å². The quantitative estimate of drug-likeness (QED) is 0.556. The average molecular weight is 147 g/mol. The zero-order valence-corrected chi connectivity index (χ0v) is 6.03. The van der Waals surface area contributed by atoms with Gasteiger partial charge in [-0.05, 0) is 12.8 Å². The molecule has 0 saturated heterocycles. The van der Waals surface area contributed by atoms with E-state index < -0.39 is 0 Å². The Hall–Kier alpha value is -0.260. The fourth-order valence-corrected chi connectivity index (χ4v) is 1.15. The first-order chi connectivity index (χ1) is 3.84. The monoisotopic (exact) mass is 146 g/mol. The maximum Gasteiger partial charge on any atom is 0.0672 e.